The van der Waals surface area contributed by atoms with Gasteiger partial charge in [-0.05, 0) is 33.1 Å². The van der Waals surface area contributed by atoms with Crippen LogP contribution in [-0.4, -0.2) is 46.7 Å². The van der Waals surface area contributed by atoms with E-state index in [1.165, 1.54) is 6.92 Å². The van der Waals surface area contributed by atoms with Crippen LogP contribution in [0.3, 0.4) is 0 Å². The van der Waals surface area contributed by atoms with E-state index in [-0.39, 0.29) is 0 Å². The number of nitrogens with two attached hydrogens (primary N) is 1. The molecule has 2 unspecified atom stereocenters. The van der Waals surface area contributed by atoms with Crippen LogP contribution in [0, 0.1) is 0 Å². The number of carboxylic acid groups (broad SMARTS) is 1. The standard InChI is InChI=1S/C11H22N4O4/c1-7(11(17)18)14-10(16)9(12)5-3-4-6-13-8(2)15-19/h7,9,19H,3-6,12H2,1-2H3,(H,13,15)(H,14,16)(H,17,18). The van der Waals surface area contributed by atoms with E-state index < -0.39 is 24.0 Å². The van der Waals surface area contributed by atoms with Gasteiger partial charge in [-0.1, -0.05) is 0 Å². The van der Waals surface area contributed by atoms with Crippen molar-refractivity contribution in [3.05, 3.63) is 0 Å². The first kappa shape index (κ1) is 17.3. The van der Waals surface area contributed by atoms with Crippen molar-refractivity contribution in [1.29, 1.82) is 0 Å². The second-order valence-electron chi connectivity index (χ2n) is 4.25. The summed E-state index contributed by atoms with van der Waals surface area (Å²) in [7, 11) is 0. The van der Waals surface area contributed by atoms with E-state index in [2.05, 4.69) is 10.3 Å². The molecule has 0 rings (SSSR count). The minimum absolute atomic E-state index is 0.428. The normalized spacial score (nSPS) is 14.6. The Bertz CT molecular complexity index is 333. The van der Waals surface area contributed by atoms with Crippen molar-refractivity contribution in [3.8, 4) is 0 Å². The van der Waals surface area contributed by atoms with E-state index in [4.69, 9.17) is 16.0 Å². The molecule has 6 N–H and O–H groups in total. The van der Waals surface area contributed by atoms with Crippen LogP contribution in [0.2, 0.25) is 0 Å². The topological polar surface area (TPSA) is 137 Å². The summed E-state index contributed by atoms with van der Waals surface area (Å²) in [6, 6.07) is -1.66. The van der Waals surface area contributed by atoms with Crippen molar-refractivity contribution in [3.63, 3.8) is 0 Å². The summed E-state index contributed by atoms with van der Waals surface area (Å²) in [5.74, 6) is -1.13. The predicted octanol–water partition coefficient (Wildman–Crippen LogP) is -0.529. The second-order valence-corrected chi connectivity index (χ2v) is 4.25. The van der Waals surface area contributed by atoms with Crippen molar-refractivity contribution < 1.29 is 19.9 Å². The summed E-state index contributed by atoms with van der Waals surface area (Å²) in [4.78, 5) is 26.1. The number of carboxylic acids is 1. The molecular formula is C11H22N4O4. The van der Waals surface area contributed by atoms with Gasteiger partial charge in [0.2, 0.25) is 5.91 Å². The highest BCUT2D eigenvalue weighted by Crippen LogP contribution is 2.00. The van der Waals surface area contributed by atoms with Crippen LogP contribution in [0.25, 0.3) is 0 Å². The van der Waals surface area contributed by atoms with Gasteiger partial charge in [0.25, 0.3) is 0 Å². The number of carbonyl (C=O) groups is 2. The monoisotopic (exact) mass is 274 g/mol. The summed E-state index contributed by atoms with van der Waals surface area (Å²) in [5, 5.41) is 19.4. The number of carbonyl (C=O) groups excluding carboxylic acids is 1. The lowest BCUT2D eigenvalue weighted by Crippen LogP contribution is -2.47. The molecule has 8 nitrogen and oxygen atoms in total. The number of hydrogen-bond acceptors (Lipinski definition) is 5. The van der Waals surface area contributed by atoms with Crippen LogP contribution in [0.1, 0.15) is 33.1 Å². The largest absolute Gasteiger partial charge is 0.480 e. The summed E-state index contributed by atoms with van der Waals surface area (Å²) >= 11 is 0. The average molecular weight is 274 g/mol. The number of aliphatic imine (C=N–C) groups is 1. The molecule has 110 valence electrons. The van der Waals surface area contributed by atoms with Gasteiger partial charge in [0.05, 0.1) is 6.04 Å². The third kappa shape index (κ3) is 8.11. The summed E-state index contributed by atoms with van der Waals surface area (Å²) < 4.78 is 0. The number of nitrogens with zero attached hydrogens (tertiary/aromatic N) is 1. The van der Waals surface area contributed by atoms with Gasteiger partial charge < -0.3 is 16.2 Å². The molecule has 8 heteroatoms. The lowest BCUT2D eigenvalue weighted by atomic mass is 10.1. The van der Waals surface area contributed by atoms with Crippen LogP contribution >= 0.6 is 0 Å². The fraction of sp³-hybridized carbons (Fsp3) is 0.727. The number of nitrogens with one attached hydrogen (secondary N) is 2. The first-order valence-electron chi connectivity index (χ1n) is 6.08. The summed E-state index contributed by atoms with van der Waals surface area (Å²) in [5.41, 5.74) is 7.56. The molecule has 0 fully saturated rings. The Labute approximate surface area is 112 Å². The quantitative estimate of drug-likeness (QED) is 0.175. The van der Waals surface area contributed by atoms with Gasteiger partial charge in [0.1, 0.15) is 11.9 Å². The molecule has 0 aromatic heterocycles. The third-order valence-corrected chi connectivity index (χ3v) is 2.50. The van der Waals surface area contributed by atoms with Gasteiger partial charge in [-0.2, -0.15) is 0 Å². The van der Waals surface area contributed by atoms with Gasteiger partial charge in [-0.15, -0.1) is 0 Å². The average Bonchev–Trinajstić information content (AvgIpc) is 2.37. The zero-order valence-electron chi connectivity index (χ0n) is 11.2. The summed E-state index contributed by atoms with van der Waals surface area (Å²) in [6.07, 6.45) is 1.88. The lowest BCUT2D eigenvalue weighted by molar-refractivity contribution is -0.141. The van der Waals surface area contributed by atoms with Gasteiger partial charge >= 0.3 is 5.97 Å². The lowest BCUT2D eigenvalue weighted by Gasteiger charge is -2.14. The van der Waals surface area contributed by atoms with Crippen LogP contribution in [0.4, 0.5) is 0 Å². The highest BCUT2D eigenvalue weighted by Gasteiger charge is 2.18. The number of hydroxylamine groups is 1. The van der Waals surface area contributed by atoms with Crippen molar-refractivity contribution in [1.82, 2.24) is 10.8 Å². The van der Waals surface area contributed by atoms with Gasteiger partial charge in [0.15, 0.2) is 0 Å². The van der Waals surface area contributed by atoms with E-state index in [0.29, 0.717) is 25.2 Å². The fourth-order valence-electron chi connectivity index (χ4n) is 1.27. The number of unbranched alkanes of at least 4 members (excludes halogenated alkanes) is 1. The maximum Gasteiger partial charge on any atom is 0.325 e. The molecule has 0 heterocycles. The summed E-state index contributed by atoms with van der Waals surface area (Å²) in [6.45, 7) is 3.54. The molecule has 0 bridgehead atoms. The van der Waals surface area contributed by atoms with Crippen LogP contribution in [0.15, 0.2) is 4.99 Å². The van der Waals surface area contributed by atoms with Crippen molar-refractivity contribution in [2.24, 2.45) is 10.7 Å². The fourth-order valence-corrected chi connectivity index (χ4v) is 1.27. The molecule has 0 aliphatic heterocycles. The Kier molecular flexibility index (Phi) is 8.47. The van der Waals surface area contributed by atoms with Gasteiger partial charge in [-0.25, -0.2) is 0 Å². The highest BCUT2D eigenvalue weighted by molar-refractivity contribution is 5.86. The Morgan fingerprint density at radius 2 is 2.00 bits per heavy atom. The zero-order valence-corrected chi connectivity index (χ0v) is 11.2. The van der Waals surface area contributed by atoms with Gasteiger partial charge in [0, 0.05) is 6.54 Å². The van der Waals surface area contributed by atoms with Crippen molar-refractivity contribution >= 4 is 17.7 Å². The molecule has 0 aliphatic carbocycles. The molecule has 0 aliphatic rings. The number of rotatable bonds is 8. The maximum absolute atomic E-state index is 11.5. The highest BCUT2D eigenvalue weighted by atomic mass is 16.5. The number of hydrogen-bond donors (Lipinski definition) is 5. The SMILES string of the molecule is CC(=NCCCCC(N)C(=O)NC(C)C(=O)O)NO. The van der Waals surface area contributed by atoms with Crippen LogP contribution in [0.5, 0.6) is 0 Å². The number of amides is 1. The van der Waals surface area contributed by atoms with Crippen molar-refractivity contribution in [2.75, 3.05) is 6.54 Å². The molecule has 19 heavy (non-hydrogen) atoms. The Morgan fingerprint density at radius 3 is 2.53 bits per heavy atom. The third-order valence-electron chi connectivity index (χ3n) is 2.50. The minimum Gasteiger partial charge on any atom is -0.480 e. The van der Waals surface area contributed by atoms with E-state index in [1.54, 1.807) is 6.92 Å². The van der Waals surface area contributed by atoms with E-state index in [1.807, 2.05) is 5.48 Å². The molecule has 1 amide bonds. The molecule has 0 saturated heterocycles. The molecule has 0 aromatic rings. The Hall–Kier alpha value is -1.67. The van der Waals surface area contributed by atoms with Crippen molar-refractivity contribution in [2.45, 2.75) is 45.2 Å². The van der Waals surface area contributed by atoms with Crippen LogP contribution in [-0.2, 0) is 9.59 Å². The van der Waals surface area contributed by atoms with E-state index in [9.17, 15) is 9.59 Å². The van der Waals surface area contributed by atoms with E-state index in [0.717, 1.165) is 6.42 Å². The molecule has 0 spiro atoms. The molecule has 0 saturated carbocycles. The second kappa shape index (κ2) is 9.29. The molecule has 0 radical (unpaired) electrons. The first-order valence-corrected chi connectivity index (χ1v) is 6.08. The predicted molar refractivity (Wildman–Crippen MR) is 70.0 cm³/mol. The van der Waals surface area contributed by atoms with Gasteiger partial charge in [-0.3, -0.25) is 25.3 Å². The Morgan fingerprint density at radius 1 is 1.37 bits per heavy atom. The zero-order chi connectivity index (χ0) is 14.8. The molecule has 2 atom stereocenters. The number of amidine groups is 1. The smallest absolute Gasteiger partial charge is 0.325 e. The maximum atomic E-state index is 11.5. The van der Waals surface area contributed by atoms with Crippen LogP contribution < -0.4 is 16.5 Å². The molecular weight excluding hydrogens is 252 g/mol. The minimum atomic E-state index is -1.10. The molecule has 0 aromatic carbocycles. The first-order chi connectivity index (χ1) is 8.88. The van der Waals surface area contributed by atoms with E-state index >= 15 is 0 Å². The number of aliphatic carboxylic acids is 1. The Balaban J connectivity index is 3.83.